The third-order valence-corrected chi connectivity index (χ3v) is 2.54. The Hall–Kier alpha value is -0.530. The molecule has 0 aliphatic rings. The van der Waals surface area contributed by atoms with Crippen LogP contribution in [0.5, 0.6) is 0 Å². The van der Waals surface area contributed by atoms with Crippen molar-refractivity contribution in [1.82, 2.24) is 0 Å². The van der Waals surface area contributed by atoms with E-state index in [4.69, 9.17) is 5.11 Å². The molecule has 0 amide bonds. The predicted octanol–water partition coefficient (Wildman–Crippen LogP) is 2.68. The van der Waals surface area contributed by atoms with Crippen LogP contribution in [0.25, 0.3) is 0 Å². The van der Waals surface area contributed by atoms with Crippen molar-refractivity contribution in [3.8, 4) is 0 Å². The monoisotopic (exact) mass is 158 g/mol. The summed E-state index contributed by atoms with van der Waals surface area (Å²) < 4.78 is 0. The Morgan fingerprint density at radius 2 is 1.73 bits per heavy atom. The minimum absolute atomic E-state index is 0.450. The molecular weight excluding hydrogens is 140 g/mol. The third-order valence-electron chi connectivity index (χ3n) is 2.54. The fourth-order valence-electron chi connectivity index (χ4n) is 1.49. The number of rotatable bonds is 5. The van der Waals surface area contributed by atoms with Crippen LogP contribution >= 0.6 is 0 Å². The Balaban J connectivity index is 4.32. The highest BCUT2D eigenvalue weighted by Gasteiger charge is 2.33. The van der Waals surface area contributed by atoms with Gasteiger partial charge in [-0.2, -0.15) is 0 Å². The van der Waals surface area contributed by atoms with Gasteiger partial charge in [0.15, 0.2) is 0 Å². The van der Waals surface area contributed by atoms with Gasteiger partial charge in [-0.15, -0.1) is 0 Å². The summed E-state index contributed by atoms with van der Waals surface area (Å²) in [5.74, 6) is -0.635. The molecule has 0 aliphatic carbocycles. The van der Waals surface area contributed by atoms with Gasteiger partial charge in [0.1, 0.15) is 0 Å². The predicted molar refractivity (Wildman–Crippen MR) is 45.6 cm³/mol. The number of carboxylic acids is 1. The van der Waals surface area contributed by atoms with Crippen LogP contribution in [-0.4, -0.2) is 11.1 Å². The molecule has 1 N–H and O–H groups in total. The van der Waals surface area contributed by atoms with Crippen LogP contribution < -0.4 is 0 Å². The largest absolute Gasteiger partial charge is 0.481 e. The van der Waals surface area contributed by atoms with E-state index in [0.717, 1.165) is 25.7 Å². The van der Waals surface area contributed by atoms with Crippen LogP contribution in [0.4, 0.5) is 0 Å². The van der Waals surface area contributed by atoms with Crippen molar-refractivity contribution in [2.45, 2.75) is 46.5 Å². The molecule has 2 nitrogen and oxygen atoms in total. The average molecular weight is 158 g/mol. The van der Waals surface area contributed by atoms with Crippen LogP contribution in [0.2, 0.25) is 0 Å². The SMILES string of the molecule is CCCC(CC)(CC)C(=O)O. The second-order valence-corrected chi connectivity index (χ2v) is 3.04. The van der Waals surface area contributed by atoms with E-state index in [1.807, 2.05) is 20.8 Å². The van der Waals surface area contributed by atoms with Gasteiger partial charge in [-0.1, -0.05) is 27.2 Å². The van der Waals surface area contributed by atoms with Gasteiger partial charge in [-0.3, -0.25) is 4.79 Å². The normalized spacial score (nSPS) is 11.5. The molecule has 0 atom stereocenters. The first-order chi connectivity index (χ1) is 5.13. The summed E-state index contributed by atoms with van der Waals surface area (Å²) in [4.78, 5) is 10.9. The van der Waals surface area contributed by atoms with Gasteiger partial charge < -0.3 is 5.11 Å². The Bertz CT molecular complexity index is 126. The van der Waals surface area contributed by atoms with Crippen molar-refractivity contribution in [3.05, 3.63) is 0 Å². The van der Waals surface area contributed by atoms with E-state index in [1.54, 1.807) is 0 Å². The summed E-state index contributed by atoms with van der Waals surface area (Å²) in [6.07, 6.45) is 3.24. The molecular formula is C9H18O2. The highest BCUT2D eigenvalue weighted by atomic mass is 16.4. The first-order valence-corrected chi connectivity index (χ1v) is 4.36. The molecule has 0 rings (SSSR count). The van der Waals surface area contributed by atoms with Crippen LogP contribution in [0, 0.1) is 5.41 Å². The molecule has 0 saturated carbocycles. The number of hydrogen-bond acceptors (Lipinski definition) is 1. The zero-order valence-electron chi connectivity index (χ0n) is 7.68. The molecule has 0 radical (unpaired) electrons. The van der Waals surface area contributed by atoms with Crippen LogP contribution in [0.15, 0.2) is 0 Å². The molecule has 11 heavy (non-hydrogen) atoms. The van der Waals surface area contributed by atoms with E-state index in [-0.39, 0.29) is 0 Å². The minimum atomic E-state index is -0.635. The Morgan fingerprint density at radius 3 is 1.82 bits per heavy atom. The van der Waals surface area contributed by atoms with Crippen molar-refractivity contribution in [2.75, 3.05) is 0 Å². The summed E-state index contributed by atoms with van der Waals surface area (Å²) >= 11 is 0. The molecule has 0 saturated heterocycles. The van der Waals surface area contributed by atoms with Gasteiger partial charge in [0.25, 0.3) is 0 Å². The molecule has 0 aliphatic heterocycles. The lowest BCUT2D eigenvalue weighted by Crippen LogP contribution is -2.29. The summed E-state index contributed by atoms with van der Waals surface area (Å²) in [7, 11) is 0. The van der Waals surface area contributed by atoms with Gasteiger partial charge in [-0.25, -0.2) is 0 Å². The molecule has 66 valence electrons. The molecule has 0 bridgehead atoms. The van der Waals surface area contributed by atoms with Crippen molar-refractivity contribution in [2.24, 2.45) is 5.41 Å². The van der Waals surface area contributed by atoms with Crippen LogP contribution in [0.3, 0.4) is 0 Å². The fraction of sp³-hybridized carbons (Fsp3) is 0.889. The summed E-state index contributed by atoms with van der Waals surface area (Å²) in [5.41, 5.74) is -0.450. The maximum atomic E-state index is 10.9. The van der Waals surface area contributed by atoms with Crippen molar-refractivity contribution >= 4 is 5.97 Å². The zero-order chi connectivity index (χ0) is 8.91. The smallest absolute Gasteiger partial charge is 0.309 e. The van der Waals surface area contributed by atoms with Crippen LogP contribution in [-0.2, 0) is 4.79 Å². The maximum Gasteiger partial charge on any atom is 0.309 e. The summed E-state index contributed by atoms with van der Waals surface area (Å²) in [6, 6.07) is 0. The van der Waals surface area contributed by atoms with Gasteiger partial charge >= 0.3 is 5.97 Å². The second kappa shape index (κ2) is 4.37. The molecule has 0 aromatic carbocycles. The Morgan fingerprint density at radius 1 is 1.27 bits per heavy atom. The lowest BCUT2D eigenvalue weighted by molar-refractivity contribution is -0.150. The highest BCUT2D eigenvalue weighted by Crippen LogP contribution is 2.31. The Kier molecular flexibility index (Phi) is 4.16. The molecule has 0 unspecified atom stereocenters. The molecule has 0 spiro atoms. The topological polar surface area (TPSA) is 37.3 Å². The van der Waals surface area contributed by atoms with Gasteiger partial charge in [0.2, 0.25) is 0 Å². The molecule has 0 fully saturated rings. The summed E-state index contributed by atoms with van der Waals surface area (Å²) in [6.45, 7) is 5.93. The zero-order valence-corrected chi connectivity index (χ0v) is 7.68. The highest BCUT2D eigenvalue weighted by molar-refractivity contribution is 5.74. The first-order valence-electron chi connectivity index (χ1n) is 4.36. The molecule has 2 heteroatoms. The van der Waals surface area contributed by atoms with Gasteiger partial charge in [-0.05, 0) is 19.3 Å². The molecule has 0 heterocycles. The standard InChI is InChI=1S/C9H18O2/c1-4-7-9(5-2,6-3)8(10)11/h4-7H2,1-3H3,(H,10,11). The molecule has 0 aromatic rings. The number of aliphatic carboxylic acids is 1. The van der Waals surface area contributed by atoms with E-state index in [2.05, 4.69) is 0 Å². The lowest BCUT2D eigenvalue weighted by atomic mass is 9.78. The van der Waals surface area contributed by atoms with E-state index >= 15 is 0 Å². The van der Waals surface area contributed by atoms with E-state index in [9.17, 15) is 4.79 Å². The number of carbonyl (C=O) groups is 1. The first kappa shape index (κ1) is 10.5. The quantitative estimate of drug-likeness (QED) is 0.668. The second-order valence-electron chi connectivity index (χ2n) is 3.04. The average Bonchev–Trinajstić information content (AvgIpc) is 2.00. The van der Waals surface area contributed by atoms with E-state index in [0.29, 0.717) is 0 Å². The molecule has 0 aromatic heterocycles. The van der Waals surface area contributed by atoms with Gasteiger partial charge in [0, 0.05) is 0 Å². The number of carboxylic acid groups (broad SMARTS) is 1. The third kappa shape index (κ3) is 2.21. The number of hydrogen-bond donors (Lipinski definition) is 1. The van der Waals surface area contributed by atoms with E-state index in [1.165, 1.54) is 0 Å². The van der Waals surface area contributed by atoms with Gasteiger partial charge in [0.05, 0.1) is 5.41 Å². The van der Waals surface area contributed by atoms with Crippen LogP contribution in [0.1, 0.15) is 46.5 Å². The van der Waals surface area contributed by atoms with Crippen molar-refractivity contribution < 1.29 is 9.90 Å². The summed E-state index contributed by atoms with van der Waals surface area (Å²) in [5, 5.41) is 8.95. The minimum Gasteiger partial charge on any atom is -0.481 e. The lowest BCUT2D eigenvalue weighted by Gasteiger charge is -2.25. The van der Waals surface area contributed by atoms with Crippen molar-refractivity contribution in [1.29, 1.82) is 0 Å². The maximum absolute atomic E-state index is 10.9. The van der Waals surface area contributed by atoms with E-state index < -0.39 is 11.4 Å². The Labute approximate surface area is 68.6 Å². The van der Waals surface area contributed by atoms with Crippen molar-refractivity contribution in [3.63, 3.8) is 0 Å². The fourth-order valence-corrected chi connectivity index (χ4v) is 1.49.